The Labute approximate surface area is 74.5 Å². The summed E-state index contributed by atoms with van der Waals surface area (Å²) in [5, 5.41) is 0. The predicted octanol–water partition coefficient (Wildman–Crippen LogP) is 1.58. The summed E-state index contributed by atoms with van der Waals surface area (Å²) in [4.78, 5) is 2.26. The number of ether oxygens (including phenoxy) is 1. The molecule has 0 saturated heterocycles. The molecule has 0 aliphatic rings. The van der Waals surface area contributed by atoms with Gasteiger partial charge in [-0.15, -0.1) is 11.6 Å². The second-order valence-corrected chi connectivity index (χ2v) is 3.21. The van der Waals surface area contributed by atoms with Crippen LogP contribution in [0.4, 0.5) is 0 Å². The Morgan fingerprint density at radius 2 is 2.18 bits per heavy atom. The van der Waals surface area contributed by atoms with Crippen molar-refractivity contribution < 1.29 is 4.74 Å². The SMILES string of the molecule is COCC(C)N(C)CCCCl. The van der Waals surface area contributed by atoms with Gasteiger partial charge in [0, 0.05) is 19.0 Å². The first-order chi connectivity index (χ1) is 5.22. The van der Waals surface area contributed by atoms with Gasteiger partial charge in [0.25, 0.3) is 0 Å². The van der Waals surface area contributed by atoms with Crippen LogP contribution in [0.1, 0.15) is 13.3 Å². The number of likely N-dealkylation sites (N-methyl/N-ethyl adjacent to an activating group) is 1. The largest absolute Gasteiger partial charge is 0.383 e. The van der Waals surface area contributed by atoms with Gasteiger partial charge in [0.1, 0.15) is 0 Å². The Kier molecular flexibility index (Phi) is 7.02. The summed E-state index contributed by atoms with van der Waals surface area (Å²) in [5.41, 5.74) is 0. The van der Waals surface area contributed by atoms with Crippen LogP contribution in [0.5, 0.6) is 0 Å². The van der Waals surface area contributed by atoms with E-state index in [4.69, 9.17) is 16.3 Å². The maximum Gasteiger partial charge on any atom is 0.0615 e. The van der Waals surface area contributed by atoms with Gasteiger partial charge < -0.3 is 9.64 Å². The second-order valence-electron chi connectivity index (χ2n) is 2.83. The van der Waals surface area contributed by atoms with Gasteiger partial charge in [0.2, 0.25) is 0 Å². The highest BCUT2D eigenvalue weighted by molar-refractivity contribution is 6.17. The van der Waals surface area contributed by atoms with E-state index in [1.165, 1.54) is 0 Å². The molecule has 0 radical (unpaired) electrons. The minimum Gasteiger partial charge on any atom is -0.383 e. The first-order valence-corrected chi connectivity index (χ1v) is 4.51. The van der Waals surface area contributed by atoms with Gasteiger partial charge >= 0.3 is 0 Å². The van der Waals surface area contributed by atoms with Gasteiger partial charge in [0.15, 0.2) is 0 Å². The summed E-state index contributed by atoms with van der Waals surface area (Å²) in [6.07, 6.45) is 1.05. The molecular weight excluding hydrogens is 162 g/mol. The second kappa shape index (κ2) is 6.89. The molecule has 0 spiro atoms. The highest BCUT2D eigenvalue weighted by Gasteiger charge is 2.06. The molecular formula is C8H18ClNO. The van der Waals surface area contributed by atoms with E-state index >= 15 is 0 Å². The highest BCUT2D eigenvalue weighted by atomic mass is 35.5. The molecule has 0 rings (SSSR count). The summed E-state index contributed by atoms with van der Waals surface area (Å²) in [6.45, 7) is 3.99. The number of rotatable bonds is 6. The van der Waals surface area contributed by atoms with Crippen LogP contribution in [0.3, 0.4) is 0 Å². The molecule has 2 nitrogen and oxygen atoms in total. The van der Waals surface area contributed by atoms with Crippen LogP contribution in [-0.2, 0) is 4.74 Å². The lowest BCUT2D eigenvalue weighted by molar-refractivity contribution is 0.116. The summed E-state index contributed by atoms with van der Waals surface area (Å²) in [7, 11) is 3.82. The third-order valence-electron chi connectivity index (χ3n) is 1.80. The summed E-state index contributed by atoms with van der Waals surface area (Å²) >= 11 is 5.57. The van der Waals surface area contributed by atoms with Crippen molar-refractivity contribution in [1.29, 1.82) is 0 Å². The van der Waals surface area contributed by atoms with E-state index in [1.54, 1.807) is 7.11 Å². The van der Waals surface area contributed by atoms with E-state index in [2.05, 4.69) is 18.9 Å². The predicted molar refractivity (Wildman–Crippen MR) is 49.3 cm³/mol. The van der Waals surface area contributed by atoms with Gasteiger partial charge in [-0.2, -0.15) is 0 Å². The van der Waals surface area contributed by atoms with Crippen LogP contribution in [0.25, 0.3) is 0 Å². The van der Waals surface area contributed by atoms with Crippen molar-refractivity contribution in [3.63, 3.8) is 0 Å². The molecule has 68 valence electrons. The smallest absolute Gasteiger partial charge is 0.0615 e. The summed E-state index contributed by atoms with van der Waals surface area (Å²) in [6, 6.07) is 0.489. The Morgan fingerprint density at radius 3 is 2.64 bits per heavy atom. The van der Waals surface area contributed by atoms with Crippen LogP contribution >= 0.6 is 11.6 Å². The Balaban J connectivity index is 3.38. The normalized spacial score (nSPS) is 13.9. The average molecular weight is 180 g/mol. The van der Waals surface area contributed by atoms with Gasteiger partial charge in [-0.3, -0.25) is 0 Å². The summed E-state index contributed by atoms with van der Waals surface area (Å²) in [5.74, 6) is 0.740. The summed E-state index contributed by atoms with van der Waals surface area (Å²) < 4.78 is 5.03. The van der Waals surface area contributed by atoms with Gasteiger partial charge in [-0.25, -0.2) is 0 Å². The molecule has 0 aromatic carbocycles. The monoisotopic (exact) mass is 179 g/mol. The van der Waals surface area contributed by atoms with Crippen molar-refractivity contribution in [2.45, 2.75) is 19.4 Å². The molecule has 1 unspecified atom stereocenters. The van der Waals surface area contributed by atoms with Crippen molar-refractivity contribution in [2.24, 2.45) is 0 Å². The Bertz CT molecular complexity index is 90.2. The molecule has 0 aromatic rings. The fourth-order valence-electron chi connectivity index (χ4n) is 0.898. The molecule has 0 aliphatic carbocycles. The molecule has 3 heteroatoms. The van der Waals surface area contributed by atoms with Crippen LogP contribution in [0, 0.1) is 0 Å². The van der Waals surface area contributed by atoms with Crippen molar-refractivity contribution in [3.8, 4) is 0 Å². The van der Waals surface area contributed by atoms with Crippen molar-refractivity contribution >= 4 is 11.6 Å². The molecule has 0 aromatic heterocycles. The maximum atomic E-state index is 5.57. The molecule has 0 saturated carbocycles. The van der Waals surface area contributed by atoms with Gasteiger partial charge in [-0.1, -0.05) is 0 Å². The fraction of sp³-hybridized carbons (Fsp3) is 1.00. The molecule has 1 atom stereocenters. The zero-order valence-corrected chi connectivity index (χ0v) is 8.40. The number of alkyl halides is 1. The third-order valence-corrected chi connectivity index (χ3v) is 2.07. The number of hydrogen-bond acceptors (Lipinski definition) is 2. The highest BCUT2D eigenvalue weighted by Crippen LogP contribution is 1.97. The number of nitrogens with zero attached hydrogens (tertiary/aromatic N) is 1. The maximum absolute atomic E-state index is 5.57. The topological polar surface area (TPSA) is 12.5 Å². The van der Waals surface area contributed by atoms with Crippen LogP contribution in [0.15, 0.2) is 0 Å². The molecule has 0 amide bonds. The minimum absolute atomic E-state index is 0.489. The fourth-order valence-corrected chi connectivity index (χ4v) is 1.02. The van der Waals surface area contributed by atoms with Crippen molar-refractivity contribution in [2.75, 3.05) is 33.2 Å². The van der Waals surface area contributed by atoms with E-state index in [-0.39, 0.29) is 0 Å². The van der Waals surface area contributed by atoms with Crippen LogP contribution in [-0.4, -0.2) is 44.1 Å². The Morgan fingerprint density at radius 1 is 1.55 bits per heavy atom. The van der Waals surface area contributed by atoms with E-state index < -0.39 is 0 Å². The molecule has 0 heterocycles. The zero-order valence-electron chi connectivity index (χ0n) is 7.64. The lowest BCUT2D eigenvalue weighted by Gasteiger charge is -2.23. The average Bonchev–Trinajstić information content (AvgIpc) is 2.00. The molecule has 0 N–H and O–H groups in total. The standard InChI is InChI=1S/C8H18ClNO/c1-8(7-11-3)10(2)6-4-5-9/h8H,4-7H2,1-3H3. The van der Waals surface area contributed by atoms with E-state index in [9.17, 15) is 0 Å². The number of methoxy groups -OCH3 is 1. The lowest BCUT2D eigenvalue weighted by Crippen LogP contribution is -2.33. The molecule has 0 fully saturated rings. The van der Waals surface area contributed by atoms with E-state index in [1.807, 2.05) is 0 Å². The first-order valence-electron chi connectivity index (χ1n) is 3.97. The molecule has 0 bridgehead atoms. The van der Waals surface area contributed by atoms with Crippen LogP contribution in [0.2, 0.25) is 0 Å². The zero-order chi connectivity index (χ0) is 8.69. The van der Waals surface area contributed by atoms with Crippen molar-refractivity contribution in [1.82, 2.24) is 4.90 Å². The van der Waals surface area contributed by atoms with E-state index in [0.717, 1.165) is 25.5 Å². The Hall–Kier alpha value is 0.210. The third kappa shape index (κ3) is 5.48. The number of halogens is 1. The van der Waals surface area contributed by atoms with Gasteiger partial charge in [-0.05, 0) is 26.9 Å². The number of hydrogen-bond donors (Lipinski definition) is 0. The van der Waals surface area contributed by atoms with E-state index in [0.29, 0.717) is 6.04 Å². The van der Waals surface area contributed by atoms with Crippen molar-refractivity contribution in [3.05, 3.63) is 0 Å². The minimum atomic E-state index is 0.489. The first kappa shape index (κ1) is 11.2. The van der Waals surface area contributed by atoms with Gasteiger partial charge in [0.05, 0.1) is 6.61 Å². The molecule has 0 aliphatic heterocycles. The quantitative estimate of drug-likeness (QED) is 0.575. The lowest BCUT2D eigenvalue weighted by atomic mass is 10.3. The van der Waals surface area contributed by atoms with Crippen LogP contribution < -0.4 is 0 Å². The molecule has 11 heavy (non-hydrogen) atoms.